The van der Waals surface area contributed by atoms with Crippen molar-refractivity contribution in [3.8, 4) is 0 Å². The Kier molecular flexibility index (Phi) is 16.7. The van der Waals surface area contributed by atoms with E-state index in [1.54, 1.807) is 48.6 Å². The number of hydrogen-bond donors (Lipinski definition) is 1. The largest absolute Gasteiger partial charge is 0.469 e. The highest BCUT2D eigenvalue weighted by Crippen LogP contribution is 2.31. The average molecular weight is 508 g/mol. The summed E-state index contributed by atoms with van der Waals surface area (Å²) in [4.78, 5) is 21.3. The van der Waals surface area contributed by atoms with Crippen molar-refractivity contribution in [3.05, 3.63) is 0 Å². The fourth-order valence-electron chi connectivity index (χ4n) is 1.28. The number of ether oxygens (including phenoxy) is 1. The van der Waals surface area contributed by atoms with Gasteiger partial charge in [-0.2, -0.15) is 13.2 Å². The highest BCUT2D eigenvalue weighted by atomic mass is 32.2. The van der Waals surface area contributed by atoms with E-state index in [1.165, 1.54) is 13.4 Å². The summed E-state index contributed by atoms with van der Waals surface area (Å²) in [5.74, 6) is -0.0880. The molecule has 0 fully saturated rings. The summed E-state index contributed by atoms with van der Waals surface area (Å²) < 4.78 is 59.8. The predicted octanol–water partition coefficient (Wildman–Crippen LogP) is 5.80. The molecular weight excluding hydrogens is 459 g/mol. The molecule has 0 aliphatic carbocycles. The summed E-state index contributed by atoms with van der Waals surface area (Å²) >= 11 is 0. The van der Waals surface area contributed by atoms with Gasteiger partial charge in [0.25, 0.3) is 0 Å². The summed E-state index contributed by atoms with van der Waals surface area (Å²) in [6.45, 7) is 20.9. The van der Waals surface area contributed by atoms with Crippen molar-refractivity contribution in [3.63, 3.8) is 0 Å². The first-order valence-corrected chi connectivity index (χ1v) is 12.4. The number of methoxy groups -OCH3 is 1. The summed E-state index contributed by atoms with van der Waals surface area (Å²) in [5.41, 5.74) is -1.23. The van der Waals surface area contributed by atoms with Crippen LogP contribution in [0.4, 0.5) is 13.2 Å². The number of nitrogens with one attached hydrogen (secondary N) is 1. The first kappa shape index (κ1) is 38.9. The van der Waals surface area contributed by atoms with E-state index in [4.69, 9.17) is 0 Å². The molecule has 202 valence electrons. The number of rotatable bonds is 0. The van der Waals surface area contributed by atoms with Crippen molar-refractivity contribution in [2.75, 3.05) is 20.4 Å². The van der Waals surface area contributed by atoms with E-state index in [0.29, 0.717) is 0 Å². The summed E-state index contributed by atoms with van der Waals surface area (Å²) in [6, 6.07) is 0. The molecule has 0 unspecified atom stereocenters. The molecule has 0 spiro atoms. The predicted molar refractivity (Wildman–Crippen MR) is 130 cm³/mol. The van der Waals surface area contributed by atoms with Crippen LogP contribution in [0.2, 0.25) is 0 Å². The van der Waals surface area contributed by atoms with Gasteiger partial charge in [0.05, 0.1) is 17.3 Å². The number of halogens is 3. The van der Waals surface area contributed by atoms with E-state index < -0.39 is 32.6 Å². The summed E-state index contributed by atoms with van der Waals surface area (Å²) in [6.07, 6.45) is -3.48. The molecule has 0 aliphatic rings. The first-order chi connectivity index (χ1) is 13.9. The normalized spacial score (nSPS) is 12.5. The molecular formula is C23H48F3NO5S. The minimum absolute atomic E-state index is 0.0810. The molecule has 0 aromatic carbocycles. The number of carbonyl (C=O) groups excluding carboxylic acids is 2. The van der Waals surface area contributed by atoms with Crippen molar-refractivity contribution < 1.29 is 35.9 Å². The van der Waals surface area contributed by atoms with Crippen LogP contribution in [-0.4, -0.2) is 51.6 Å². The van der Waals surface area contributed by atoms with Crippen molar-refractivity contribution in [1.82, 2.24) is 5.32 Å². The zero-order valence-corrected chi connectivity index (χ0v) is 24.1. The Morgan fingerprint density at radius 1 is 0.788 bits per heavy atom. The molecule has 1 N–H and O–H groups in total. The Balaban J connectivity index is -0.000000170. The van der Waals surface area contributed by atoms with Crippen LogP contribution in [0.1, 0.15) is 89.5 Å². The maximum absolute atomic E-state index is 11.6. The number of hydrogen-bond acceptors (Lipinski definition) is 5. The summed E-state index contributed by atoms with van der Waals surface area (Å²) in [5, 5.41) is 2.57. The van der Waals surface area contributed by atoms with Crippen LogP contribution in [0.5, 0.6) is 0 Å². The lowest BCUT2D eigenvalue weighted by Crippen LogP contribution is -2.31. The summed E-state index contributed by atoms with van der Waals surface area (Å²) in [7, 11) is 0.203. The molecule has 0 heterocycles. The second-order valence-corrected chi connectivity index (χ2v) is 14.6. The van der Waals surface area contributed by atoms with Gasteiger partial charge in [-0.25, -0.2) is 8.42 Å². The lowest BCUT2D eigenvalue weighted by atomic mass is 9.92. The molecule has 0 aromatic rings. The maximum Gasteiger partial charge on any atom is 0.389 e. The standard InChI is InChI=1S/C6H11F3.C6H13NO.C6H12O2.C5H12O2S/c1-5(2,3)4-6(7,8)9;1-6(2,3)5(8)7-4;1-6(2,3)5(7)8-4;1-5(2,3)8(4,6)7/h4H2,1-3H3;1-4H3,(H,7,8);2*1-4H3. The minimum Gasteiger partial charge on any atom is -0.469 e. The van der Waals surface area contributed by atoms with Crippen LogP contribution in [0.25, 0.3) is 0 Å². The number of carbonyl (C=O) groups is 2. The molecule has 0 aliphatic heterocycles. The van der Waals surface area contributed by atoms with Gasteiger partial charge in [0.15, 0.2) is 9.84 Å². The minimum atomic E-state index is -4.02. The van der Waals surface area contributed by atoms with Gasteiger partial charge in [-0.3, -0.25) is 9.59 Å². The third-order valence-electron chi connectivity index (χ3n) is 3.55. The van der Waals surface area contributed by atoms with Gasteiger partial charge in [-0.15, -0.1) is 0 Å². The monoisotopic (exact) mass is 507 g/mol. The third kappa shape index (κ3) is 28.6. The van der Waals surface area contributed by atoms with Crippen LogP contribution in [0, 0.1) is 16.2 Å². The van der Waals surface area contributed by atoms with Gasteiger partial charge >= 0.3 is 12.1 Å². The van der Waals surface area contributed by atoms with E-state index in [2.05, 4.69) is 10.1 Å². The van der Waals surface area contributed by atoms with Gasteiger partial charge in [-0.1, -0.05) is 41.5 Å². The highest BCUT2D eigenvalue weighted by Gasteiger charge is 2.33. The second-order valence-electron chi connectivity index (χ2n) is 11.8. The second kappa shape index (κ2) is 14.2. The quantitative estimate of drug-likeness (QED) is 0.419. The van der Waals surface area contributed by atoms with E-state index in [1.807, 2.05) is 41.5 Å². The number of esters is 1. The van der Waals surface area contributed by atoms with E-state index >= 15 is 0 Å². The van der Waals surface area contributed by atoms with Crippen LogP contribution in [0.3, 0.4) is 0 Å². The Morgan fingerprint density at radius 3 is 1.09 bits per heavy atom. The molecule has 1 amide bonds. The maximum atomic E-state index is 11.6. The van der Waals surface area contributed by atoms with Crippen molar-refractivity contribution in [2.24, 2.45) is 16.2 Å². The molecule has 0 radical (unpaired) electrons. The van der Waals surface area contributed by atoms with E-state index in [0.717, 1.165) is 0 Å². The molecule has 0 saturated carbocycles. The van der Waals surface area contributed by atoms with E-state index in [9.17, 15) is 31.2 Å². The lowest BCUT2D eigenvalue weighted by Gasteiger charge is -2.19. The van der Waals surface area contributed by atoms with Gasteiger partial charge in [0, 0.05) is 25.1 Å². The fourth-order valence-corrected chi connectivity index (χ4v) is 1.28. The molecule has 0 bridgehead atoms. The number of amides is 1. The molecule has 10 heteroatoms. The lowest BCUT2D eigenvalue weighted by molar-refractivity contribution is -0.152. The Hall–Kier alpha value is -1.32. The molecule has 0 rings (SSSR count). The zero-order valence-electron chi connectivity index (χ0n) is 23.3. The molecule has 33 heavy (non-hydrogen) atoms. The van der Waals surface area contributed by atoms with Gasteiger partial charge in [-0.05, 0) is 47.0 Å². The van der Waals surface area contributed by atoms with Crippen LogP contribution < -0.4 is 5.32 Å². The van der Waals surface area contributed by atoms with Crippen LogP contribution in [0.15, 0.2) is 0 Å². The van der Waals surface area contributed by atoms with Crippen LogP contribution in [-0.2, 0) is 24.2 Å². The molecule has 6 nitrogen and oxygen atoms in total. The van der Waals surface area contributed by atoms with Crippen molar-refractivity contribution in [1.29, 1.82) is 0 Å². The number of sulfone groups is 1. The average Bonchev–Trinajstić information content (AvgIpc) is 2.47. The topological polar surface area (TPSA) is 89.5 Å². The SMILES string of the molecule is CC(C)(C)CC(F)(F)F.CC(C)(C)S(C)(=O)=O.CNC(=O)C(C)(C)C.COC(=O)C(C)(C)C. The smallest absolute Gasteiger partial charge is 0.389 e. The molecule has 0 atom stereocenters. The first-order valence-electron chi connectivity index (χ1n) is 10.5. The number of alkyl halides is 3. The fraction of sp³-hybridized carbons (Fsp3) is 0.913. The molecule has 0 aromatic heterocycles. The van der Waals surface area contributed by atoms with Crippen molar-refractivity contribution >= 4 is 21.7 Å². The van der Waals surface area contributed by atoms with Gasteiger partial charge in [0.1, 0.15) is 0 Å². The highest BCUT2D eigenvalue weighted by molar-refractivity contribution is 7.92. The Bertz CT molecular complexity index is 635. The van der Waals surface area contributed by atoms with Gasteiger partial charge in [0.2, 0.25) is 5.91 Å². The zero-order chi connectivity index (χ0) is 28.3. The Morgan fingerprint density at radius 2 is 1.09 bits per heavy atom. The van der Waals surface area contributed by atoms with E-state index in [-0.39, 0.29) is 22.7 Å². The molecule has 0 saturated heterocycles. The van der Waals surface area contributed by atoms with Crippen molar-refractivity contribution in [2.45, 2.75) is 100 Å². The van der Waals surface area contributed by atoms with Gasteiger partial charge < -0.3 is 10.1 Å². The van der Waals surface area contributed by atoms with Crippen LogP contribution >= 0.6 is 0 Å². The third-order valence-corrected chi connectivity index (χ3v) is 5.77. The Labute approximate surface area is 200 Å².